The van der Waals surface area contributed by atoms with Crippen molar-refractivity contribution in [3.05, 3.63) is 132 Å². The van der Waals surface area contributed by atoms with E-state index >= 15 is 0 Å². The fourth-order valence-electron chi connectivity index (χ4n) is 10.3. The largest absolute Gasteiger partial charge is 0.308 e. The van der Waals surface area contributed by atoms with Crippen molar-refractivity contribution in [2.75, 3.05) is 0 Å². The van der Waals surface area contributed by atoms with Crippen molar-refractivity contribution >= 4 is 76.2 Å². The van der Waals surface area contributed by atoms with Crippen molar-refractivity contribution in [3.63, 3.8) is 0 Å². The summed E-state index contributed by atoms with van der Waals surface area (Å²) in [6, 6.07) is 36.7. The Labute approximate surface area is 352 Å². The molecule has 0 fully saturated rings. The molecule has 0 aliphatic carbocycles. The zero-order valence-corrected chi connectivity index (χ0v) is 37.2. The van der Waals surface area contributed by atoms with Crippen LogP contribution in [0.1, 0.15) is 105 Å². The molecule has 0 radical (unpaired) electrons. The van der Waals surface area contributed by atoms with Crippen molar-refractivity contribution in [1.82, 2.24) is 18.8 Å². The maximum absolute atomic E-state index is 4.84. The summed E-state index contributed by atoms with van der Waals surface area (Å²) >= 11 is 0. The summed E-state index contributed by atoms with van der Waals surface area (Å²) in [6.45, 7) is 28.4. The number of fused-ring (bicyclic) bond motifs is 14. The zero-order chi connectivity index (χ0) is 42.0. The number of benzene rings is 5. The fourth-order valence-corrected chi connectivity index (χ4v) is 10.3. The minimum absolute atomic E-state index is 0.0422. The molecule has 0 spiro atoms. The maximum Gasteiger partial charge on any atom is 0.0702 e. The first kappa shape index (κ1) is 37.0. The van der Waals surface area contributed by atoms with Gasteiger partial charge in [-0.25, -0.2) is 0 Å². The molecule has 5 aromatic carbocycles. The molecule has 0 saturated heterocycles. The van der Waals surface area contributed by atoms with Gasteiger partial charge in [0.25, 0.3) is 0 Å². The van der Waals surface area contributed by atoms with E-state index in [1.54, 1.807) is 0 Å². The van der Waals surface area contributed by atoms with E-state index in [2.05, 4.69) is 177 Å². The minimum atomic E-state index is -0.116. The first-order chi connectivity index (χ1) is 28.3. The van der Waals surface area contributed by atoms with Gasteiger partial charge in [0.15, 0.2) is 0 Å². The zero-order valence-electron chi connectivity index (χ0n) is 37.2. The molecule has 6 aromatic heterocycles. The Morgan fingerprint density at radius 3 is 1.08 bits per heavy atom. The molecule has 4 heteroatoms. The van der Waals surface area contributed by atoms with Gasteiger partial charge in [0.1, 0.15) is 0 Å². The number of hydrogen-bond donors (Lipinski definition) is 0. The molecule has 6 heterocycles. The van der Waals surface area contributed by atoms with Gasteiger partial charge in [0, 0.05) is 66.6 Å². The van der Waals surface area contributed by atoms with E-state index in [1.165, 1.54) is 98.4 Å². The van der Waals surface area contributed by atoms with E-state index in [0.717, 1.165) is 22.5 Å². The topological polar surface area (TPSA) is 34.6 Å². The second-order valence-electron chi connectivity index (χ2n) is 21.6. The van der Waals surface area contributed by atoms with Crippen LogP contribution >= 0.6 is 0 Å². The molecule has 60 heavy (non-hydrogen) atoms. The Morgan fingerprint density at radius 1 is 0.367 bits per heavy atom. The maximum atomic E-state index is 4.84. The van der Waals surface area contributed by atoms with Crippen LogP contribution in [0.3, 0.4) is 0 Å². The summed E-state index contributed by atoms with van der Waals surface area (Å²) in [5, 5.41) is 10.6. The minimum Gasteiger partial charge on any atom is -0.308 e. The summed E-state index contributed by atoms with van der Waals surface area (Å²) in [5.74, 6) is 0. The van der Waals surface area contributed by atoms with Gasteiger partial charge in [-0.1, -0.05) is 132 Å². The molecule has 0 unspecified atom stereocenters. The quantitative estimate of drug-likeness (QED) is 0.175. The standard InChI is InChI=1S/C56H54N4/c1-53(2,3)33-27-37-47-45-35-21-19-32(42-18-14-16-24-58-42)26-44(35)60-50-38(28-34(54(4,5)6)30-40(50)56(10,11)12)48(52(45)60)46-36-22-20-31(41-17-13-15-23-57-41)25-43(36)59(51(46)47)49(37)39(29-33)55(7,8)9/h13-30H,1-12H3. The van der Waals surface area contributed by atoms with Crippen molar-refractivity contribution in [3.8, 4) is 22.5 Å². The van der Waals surface area contributed by atoms with Crippen LogP contribution in [0.15, 0.2) is 109 Å². The predicted octanol–water partition coefficient (Wildman–Crippen LogP) is 15.3. The Kier molecular flexibility index (Phi) is 7.31. The summed E-state index contributed by atoms with van der Waals surface area (Å²) in [6.07, 6.45) is 3.80. The highest BCUT2D eigenvalue weighted by atomic mass is 15.0. The number of pyridine rings is 2. The molecule has 298 valence electrons. The molecule has 0 aliphatic rings. The Balaban J connectivity index is 1.50. The first-order valence-electron chi connectivity index (χ1n) is 21.7. The average Bonchev–Trinajstić information content (AvgIpc) is 3.92. The third kappa shape index (κ3) is 5.03. The summed E-state index contributed by atoms with van der Waals surface area (Å²) in [4.78, 5) is 9.68. The highest BCUT2D eigenvalue weighted by molar-refractivity contribution is 6.45. The second-order valence-corrected chi connectivity index (χ2v) is 21.6. The smallest absolute Gasteiger partial charge is 0.0702 e. The van der Waals surface area contributed by atoms with Gasteiger partial charge in [-0.2, -0.15) is 0 Å². The molecule has 0 amide bonds. The van der Waals surface area contributed by atoms with Gasteiger partial charge in [-0.05, 0) is 92.4 Å². The molecule has 0 saturated carbocycles. The molecule has 11 aromatic rings. The van der Waals surface area contributed by atoms with Gasteiger partial charge in [0.05, 0.1) is 44.5 Å². The first-order valence-corrected chi connectivity index (χ1v) is 21.7. The lowest BCUT2D eigenvalue weighted by atomic mass is 9.79. The van der Waals surface area contributed by atoms with Crippen LogP contribution in [0.4, 0.5) is 0 Å². The van der Waals surface area contributed by atoms with Crippen LogP contribution in [-0.4, -0.2) is 18.8 Å². The van der Waals surface area contributed by atoms with Gasteiger partial charge in [-0.15, -0.1) is 0 Å². The molecule has 0 atom stereocenters. The number of hydrogen-bond acceptors (Lipinski definition) is 2. The van der Waals surface area contributed by atoms with E-state index in [-0.39, 0.29) is 21.7 Å². The van der Waals surface area contributed by atoms with Crippen molar-refractivity contribution in [1.29, 1.82) is 0 Å². The van der Waals surface area contributed by atoms with Gasteiger partial charge in [0.2, 0.25) is 0 Å². The molecule has 0 N–H and O–H groups in total. The highest BCUT2D eigenvalue weighted by Crippen LogP contribution is 2.55. The third-order valence-electron chi connectivity index (χ3n) is 13.4. The average molecular weight is 783 g/mol. The van der Waals surface area contributed by atoms with Crippen LogP contribution in [0.5, 0.6) is 0 Å². The number of aromatic nitrogens is 4. The van der Waals surface area contributed by atoms with E-state index in [4.69, 9.17) is 9.97 Å². The van der Waals surface area contributed by atoms with E-state index < -0.39 is 0 Å². The van der Waals surface area contributed by atoms with Crippen LogP contribution in [-0.2, 0) is 21.7 Å². The number of rotatable bonds is 2. The van der Waals surface area contributed by atoms with Crippen LogP contribution in [0, 0.1) is 0 Å². The van der Waals surface area contributed by atoms with E-state index in [1.807, 2.05) is 24.5 Å². The van der Waals surface area contributed by atoms with Crippen LogP contribution < -0.4 is 0 Å². The lowest BCUT2D eigenvalue weighted by Crippen LogP contribution is -2.17. The van der Waals surface area contributed by atoms with Crippen molar-refractivity contribution in [2.45, 2.75) is 105 Å². The Bertz CT molecular complexity index is 3300. The Hall–Kier alpha value is -6.00. The molecule has 0 bridgehead atoms. The predicted molar refractivity (Wildman–Crippen MR) is 257 cm³/mol. The summed E-state index contributed by atoms with van der Waals surface area (Å²) in [5.41, 5.74) is 17.1. The third-order valence-corrected chi connectivity index (χ3v) is 13.4. The van der Waals surface area contributed by atoms with Gasteiger partial charge >= 0.3 is 0 Å². The number of nitrogens with zero attached hydrogens (tertiary/aromatic N) is 4. The highest BCUT2D eigenvalue weighted by Gasteiger charge is 2.34. The fraction of sp³-hybridized carbons (Fsp3) is 0.286. The van der Waals surface area contributed by atoms with Gasteiger partial charge < -0.3 is 8.80 Å². The lowest BCUT2D eigenvalue weighted by Gasteiger charge is -2.26. The van der Waals surface area contributed by atoms with Crippen LogP contribution in [0.2, 0.25) is 0 Å². The second kappa shape index (κ2) is 11.8. The van der Waals surface area contributed by atoms with Gasteiger partial charge in [-0.3, -0.25) is 9.97 Å². The monoisotopic (exact) mass is 782 g/mol. The van der Waals surface area contributed by atoms with E-state index in [0.29, 0.717) is 0 Å². The molecular formula is C56H54N4. The van der Waals surface area contributed by atoms with E-state index in [9.17, 15) is 0 Å². The molecule has 0 aliphatic heterocycles. The Morgan fingerprint density at radius 2 is 0.750 bits per heavy atom. The van der Waals surface area contributed by atoms with Crippen molar-refractivity contribution in [2.24, 2.45) is 0 Å². The normalized spacial score (nSPS) is 13.7. The molecular weight excluding hydrogens is 729 g/mol. The van der Waals surface area contributed by atoms with Crippen LogP contribution in [0.25, 0.3) is 98.7 Å². The summed E-state index contributed by atoms with van der Waals surface area (Å²) in [7, 11) is 0. The lowest BCUT2D eigenvalue weighted by molar-refractivity contribution is 0.571. The SMILES string of the molecule is CC(C)(C)c1cc(C(C)(C)C)c2c(c1)c1c3c4ccc(-c5ccccn5)cc4n4c5c(C(C)(C)C)cc(C(C)(C)C)cc5c(c5c6ccc(-c7ccccn7)cc6n2c51)c34. The molecule has 4 nitrogen and oxygen atoms in total. The van der Waals surface area contributed by atoms with Crippen molar-refractivity contribution < 1.29 is 0 Å². The summed E-state index contributed by atoms with van der Waals surface area (Å²) < 4.78 is 5.32. The molecule has 11 rings (SSSR count).